The molecule has 2 aliphatic rings. The average Bonchev–Trinajstić information content (AvgIpc) is 3.09. The minimum absolute atomic E-state index is 0.0218. The SMILES string of the molecule is CCN(Cc1ccc2c(c1)OCCO2)C(=O)[C@@H]1Cc2ccccc2O1. The van der Waals surface area contributed by atoms with Crippen molar-refractivity contribution in [2.45, 2.75) is 26.0 Å². The number of rotatable bonds is 4. The Morgan fingerprint density at radius 1 is 1.08 bits per heavy atom. The standard InChI is InChI=1S/C20H21NO4/c1-2-21(13-14-7-8-17-18(11-14)24-10-9-23-17)20(22)19-12-15-5-3-4-6-16(15)25-19/h3-8,11,19H,2,9-10,12-13H2,1H3/t19-/m0/s1. The van der Waals surface area contributed by atoms with Crippen LogP contribution < -0.4 is 14.2 Å². The monoisotopic (exact) mass is 339 g/mol. The number of hydrogen-bond acceptors (Lipinski definition) is 4. The van der Waals surface area contributed by atoms with Gasteiger partial charge in [0.25, 0.3) is 5.91 Å². The van der Waals surface area contributed by atoms with E-state index in [0.717, 1.165) is 28.4 Å². The molecular weight excluding hydrogens is 318 g/mol. The second-order valence-corrected chi connectivity index (χ2v) is 6.25. The fraction of sp³-hybridized carbons (Fsp3) is 0.350. The van der Waals surface area contributed by atoms with Gasteiger partial charge in [-0.1, -0.05) is 24.3 Å². The first kappa shape index (κ1) is 15.8. The molecule has 1 atom stereocenters. The van der Waals surface area contributed by atoms with E-state index in [0.29, 0.717) is 32.7 Å². The summed E-state index contributed by atoms with van der Waals surface area (Å²) >= 11 is 0. The maximum Gasteiger partial charge on any atom is 0.264 e. The van der Waals surface area contributed by atoms with E-state index in [4.69, 9.17) is 14.2 Å². The molecule has 4 rings (SSSR count). The highest BCUT2D eigenvalue weighted by Crippen LogP contribution is 2.32. The molecule has 0 aromatic heterocycles. The number of benzene rings is 2. The van der Waals surface area contributed by atoms with Crippen molar-refractivity contribution in [3.8, 4) is 17.2 Å². The Labute approximate surface area is 147 Å². The molecule has 130 valence electrons. The summed E-state index contributed by atoms with van der Waals surface area (Å²) in [7, 11) is 0. The largest absolute Gasteiger partial charge is 0.486 e. The first-order valence-corrected chi connectivity index (χ1v) is 8.66. The van der Waals surface area contributed by atoms with E-state index in [-0.39, 0.29) is 5.91 Å². The number of likely N-dealkylation sites (N-methyl/N-ethyl adjacent to an activating group) is 1. The maximum atomic E-state index is 12.9. The third-order valence-corrected chi connectivity index (χ3v) is 4.60. The van der Waals surface area contributed by atoms with Crippen LogP contribution in [-0.2, 0) is 17.8 Å². The number of nitrogens with zero attached hydrogens (tertiary/aromatic N) is 1. The fourth-order valence-corrected chi connectivity index (χ4v) is 3.28. The van der Waals surface area contributed by atoms with Gasteiger partial charge in [0.15, 0.2) is 17.6 Å². The minimum Gasteiger partial charge on any atom is -0.486 e. The van der Waals surface area contributed by atoms with Crippen LogP contribution in [0.5, 0.6) is 17.2 Å². The van der Waals surface area contributed by atoms with Gasteiger partial charge in [0.2, 0.25) is 0 Å². The van der Waals surface area contributed by atoms with Crippen molar-refractivity contribution in [1.82, 2.24) is 4.90 Å². The topological polar surface area (TPSA) is 48.0 Å². The van der Waals surface area contributed by atoms with E-state index >= 15 is 0 Å². The van der Waals surface area contributed by atoms with Crippen LogP contribution in [0.3, 0.4) is 0 Å². The Hall–Kier alpha value is -2.69. The number of para-hydroxylation sites is 1. The second kappa shape index (κ2) is 6.67. The number of fused-ring (bicyclic) bond motifs is 2. The van der Waals surface area contributed by atoms with Crippen LogP contribution in [0.25, 0.3) is 0 Å². The summed E-state index contributed by atoms with van der Waals surface area (Å²) in [6.45, 7) is 4.27. The van der Waals surface area contributed by atoms with Crippen molar-refractivity contribution < 1.29 is 19.0 Å². The van der Waals surface area contributed by atoms with Gasteiger partial charge in [-0.2, -0.15) is 0 Å². The van der Waals surface area contributed by atoms with Crippen molar-refractivity contribution in [2.24, 2.45) is 0 Å². The molecule has 5 heteroatoms. The predicted molar refractivity (Wildman–Crippen MR) is 93.1 cm³/mol. The third kappa shape index (κ3) is 3.14. The lowest BCUT2D eigenvalue weighted by Gasteiger charge is -2.25. The highest BCUT2D eigenvalue weighted by atomic mass is 16.6. The zero-order valence-corrected chi connectivity index (χ0v) is 14.2. The molecule has 0 unspecified atom stereocenters. The number of ether oxygens (including phenoxy) is 3. The Bertz CT molecular complexity index is 764. The van der Waals surface area contributed by atoms with E-state index in [1.807, 2.05) is 54.3 Å². The van der Waals surface area contributed by atoms with Crippen LogP contribution >= 0.6 is 0 Å². The van der Waals surface area contributed by atoms with E-state index in [9.17, 15) is 4.79 Å². The average molecular weight is 339 g/mol. The molecule has 1 amide bonds. The van der Waals surface area contributed by atoms with Crippen LogP contribution in [0.15, 0.2) is 42.5 Å². The molecule has 0 aliphatic carbocycles. The van der Waals surface area contributed by atoms with Gasteiger partial charge in [0, 0.05) is 19.5 Å². The minimum atomic E-state index is -0.436. The Morgan fingerprint density at radius 2 is 1.88 bits per heavy atom. The van der Waals surface area contributed by atoms with Gasteiger partial charge in [-0.3, -0.25) is 4.79 Å². The smallest absolute Gasteiger partial charge is 0.264 e. The zero-order valence-electron chi connectivity index (χ0n) is 14.2. The normalized spacial score (nSPS) is 17.6. The first-order chi connectivity index (χ1) is 12.2. The van der Waals surface area contributed by atoms with Crippen molar-refractivity contribution in [2.75, 3.05) is 19.8 Å². The third-order valence-electron chi connectivity index (χ3n) is 4.60. The number of hydrogen-bond donors (Lipinski definition) is 0. The van der Waals surface area contributed by atoms with Crippen LogP contribution in [0.1, 0.15) is 18.1 Å². The lowest BCUT2D eigenvalue weighted by atomic mass is 10.1. The Balaban J connectivity index is 1.46. The molecule has 2 heterocycles. The summed E-state index contributed by atoms with van der Waals surface area (Å²) in [6.07, 6.45) is 0.196. The summed E-state index contributed by atoms with van der Waals surface area (Å²) in [5.74, 6) is 2.35. The Morgan fingerprint density at radius 3 is 2.68 bits per heavy atom. The van der Waals surface area contributed by atoms with Gasteiger partial charge in [0.05, 0.1) is 0 Å². The van der Waals surface area contributed by atoms with Gasteiger partial charge in [-0.05, 0) is 36.2 Å². The van der Waals surface area contributed by atoms with Crippen LogP contribution in [0.4, 0.5) is 0 Å². The molecule has 0 N–H and O–H groups in total. The van der Waals surface area contributed by atoms with Crippen molar-refractivity contribution in [1.29, 1.82) is 0 Å². The summed E-state index contributed by atoms with van der Waals surface area (Å²) in [5, 5.41) is 0. The molecule has 2 aromatic carbocycles. The van der Waals surface area contributed by atoms with Crippen molar-refractivity contribution in [3.63, 3.8) is 0 Å². The van der Waals surface area contributed by atoms with E-state index in [1.165, 1.54) is 0 Å². The van der Waals surface area contributed by atoms with Gasteiger partial charge in [-0.15, -0.1) is 0 Å². The zero-order chi connectivity index (χ0) is 17.2. The molecule has 0 radical (unpaired) electrons. The highest BCUT2D eigenvalue weighted by Gasteiger charge is 2.31. The van der Waals surface area contributed by atoms with Crippen LogP contribution in [0.2, 0.25) is 0 Å². The molecule has 0 saturated heterocycles. The molecule has 0 fully saturated rings. The first-order valence-electron chi connectivity index (χ1n) is 8.66. The predicted octanol–water partition coefficient (Wildman–Crippen LogP) is 2.81. The van der Waals surface area contributed by atoms with E-state index in [1.54, 1.807) is 0 Å². The van der Waals surface area contributed by atoms with E-state index in [2.05, 4.69) is 0 Å². The number of carbonyl (C=O) groups excluding carboxylic acids is 1. The summed E-state index contributed by atoms with van der Waals surface area (Å²) in [6, 6.07) is 13.7. The van der Waals surface area contributed by atoms with Gasteiger partial charge >= 0.3 is 0 Å². The lowest BCUT2D eigenvalue weighted by molar-refractivity contribution is -0.138. The lowest BCUT2D eigenvalue weighted by Crippen LogP contribution is -2.40. The molecule has 0 spiro atoms. The Kier molecular flexibility index (Phi) is 4.22. The van der Waals surface area contributed by atoms with Crippen LogP contribution in [0, 0.1) is 0 Å². The molecule has 2 aliphatic heterocycles. The van der Waals surface area contributed by atoms with Crippen molar-refractivity contribution in [3.05, 3.63) is 53.6 Å². The van der Waals surface area contributed by atoms with Crippen molar-refractivity contribution >= 4 is 5.91 Å². The summed E-state index contributed by atoms with van der Waals surface area (Å²) in [5.41, 5.74) is 2.12. The molecule has 0 bridgehead atoms. The molecule has 2 aromatic rings. The number of amides is 1. The number of carbonyl (C=O) groups is 1. The van der Waals surface area contributed by atoms with Crippen LogP contribution in [-0.4, -0.2) is 36.7 Å². The van der Waals surface area contributed by atoms with Gasteiger partial charge in [-0.25, -0.2) is 0 Å². The van der Waals surface area contributed by atoms with Gasteiger partial charge in [0.1, 0.15) is 19.0 Å². The summed E-state index contributed by atoms with van der Waals surface area (Å²) < 4.78 is 17.0. The quantitative estimate of drug-likeness (QED) is 0.859. The van der Waals surface area contributed by atoms with Gasteiger partial charge < -0.3 is 19.1 Å². The maximum absolute atomic E-state index is 12.9. The second-order valence-electron chi connectivity index (χ2n) is 6.25. The molecule has 0 saturated carbocycles. The van der Waals surface area contributed by atoms with E-state index < -0.39 is 6.10 Å². The molecule has 25 heavy (non-hydrogen) atoms. The molecule has 5 nitrogen and oxygen atoms in total. The molecular formula is C20H21NO4. The summed E-state index contributed by atoms with van der Waals surface area (Å²) in [4.78, 5) is 14.7. The fourth-order valence-electron chi connectivity index (χ4n) is 3.28. The highest BCUT2D eigenvalue weighted by molar-refractivity contribution is 5.82.